The Morgan fingerprint density at radius 3 is 2.74 bits per heavy atom. The third-order valence-corrected chi connectivity index (χ3v) is 3.25. The summed E-state index contributed by atoms with van der Waals surface area (Å²) < 4.78 is 5.11. The molecule has 0 fully saturated rings. The molecule has 0 aliphatic heterocycles. The highest BCUT2D eigenvalue weighted by molar-refractivity contribution is 5.67. The number of benzene rings is 1. The molecule has 0 aliphatic rings. The van der Waals surface area contributed by atoms with Crippen LogP contribution in [-0.2, 0) is 11.3 Å². The summed E-state index contributed by atoms with van der Waals surface area (Å²) >= 11 is 0. The average molecular weight is 312 g/mol. The van der Waals surface area contributed by atoms with Crippen molar-refractivity contribution in [2.24, 2.45) is 0 Å². The molecule has 1 aromatic heterocycles. The molecule has 0 saturated heterocycles. The van der Waals surface area contributed by atoms with Crippen molar-refractivity contribution >= 4 is 12.2 Å². The zero-order valence-corrected chi connectivity index (χ0v) is 13.0. The first-order valence-corrected chi connectivity index (χ1v) is 7.46. The lowest BCUT2D eigenvalue weighted by Crippen LogP contribution is -2.24. The Labute approximate surface area is 135 Å². The van der Waals surface area contributed by atoms with E-state index in [-0.39, 0.29) is 12.2 Å². The SMILES string of the molecule is Cc1[nH]c(=O)ccc1C=CCCNC(=O)OCc1ccccc1. The number of pyridine rings is 1. The van der Waals surface area contributed by atoms with Gasteiger partial charge in [-0.3, -0.25) is 4.79 Å². The Kier molecular flexibility index (Phi) is 6.17. The smallest absolute Gasteiger partial charge is 0.407 e. The second kappa shape index (κ2) is 8.58. The van der Waals surface area contributed by atoms with Gasteiger partial charge in [-0.15, -0.1) is 0 Å². The molecule has 0 aliphatic carbocycles. The van der Waals surface area contributed by atoms with Crippen molar-refractivity contribution in [3.05, 3.63) is 75.7 Å². The van der Waals surface area contributed by atoms with E-state index in [2.05, 4.69) is 10.3 Å². The lowest BCUT2D eigenvalue weighted by molar-refractivity contribution is 0.140. The van der Waals surface area contributed by atoms with E-state index in [1.165, 1.54) is 6.07 Å². The third kappa shape index (κ3) is 5.82. The first-order valence-electron chi connectivity index (χ1n) is 7.46. The number of rotatable bonds is 6. The van der Waals surface area contributed by atoms with E-state index >= 15 is 0 Å². The third-order valence-electron chi connectivity index (χ3n) is 3.25. The van der Waals surface area contributed by atoms with Gasteiger partial charge in [0.2, 0.25) is 5.56 Å². The van der Waals surface area contributed by atoms with Crippen molar-refractivity contribution in [1.82, 2.24) is 10.3 Å². The molecule has 1 amide bonds. The number of alkyl carbamates (subject to hydrolysis) is 1. The van der Waals surface area contributed by atoms with E-state index in [0.29, 0.717) is 13.0 Å². The maximum atomic E-state index is 11.5. The van der Waals surface area contributed by atoms with E-state index in [1.807, 2.05) is 49.4 Å². The van der Waals surface area contributed by atoms with Crippen LogP contribution < -0.4 is 10.9 Å². The number of ether oxygens (including phenoxy) is 1. The number of aromatic amines is 1. The fourth-order valence-corrected chi connectivity index (χ4v) is 2.01. The first-order chi connectivity index (χ1) is 11.1. The van der Waals surface area contributed by atoms with Crippen LogP contribution in [0.5, 0.6) is 0 Å². The van der Waals surface area contributed by atoms with E-state index in [9.17, 15) is 9.59 Å². The van der Waals surface area contributed by atoms with Gasteiger partial charge in [0.1, 0.15) is 6.61 Å². The van der Waals surface area contributed by atoms with Crippen LogP contribution in [-0.4, -0.2) is 17.6 Å². The minimum Gasteiger partial charge on any atom is -0.445 e. The molecule has 0 atom stereocenters. The molecule has 2 aromatic rings. The largest absolute Gasteiger partial charge is 0.445 e. The fourth-order valence-electron chi connectivity index (χ4n) is 2.01. The van der Waals surface area contributed by atoms with Crippen molar-refractivity contribution in [3.8, 4) is 0 Å². The summed E-state index contributed by atoms with van der Waals surface area (Å²) in [5.74, 6) is 0. The summed E-state index contributed by atoms with van der Waals surface area (Å²) in [7, 11) is 0. The maximum Gasteiger partial charge on any atom is 0.407 e. The number of carbonyl (C=O) groups excluding carboxylic acids is 1. The molecule has 2 rings (SSSR count). The van der Waals surface area contributed by atoms with Gasteiger partial charge in [-0.2, -0.15) is 0 Å². The quantitative estimate of drug-likeness (QED) is 0.805. The highest BCUT2D eigenvalue weighted by Gasteiger charge is 2.00. The van der Waals surface area contributed by atoms with Gasteiger partial charge in [0, 0.05) is 18.3 Å². The number of nitrogens with one attached hydrogen (secondary N) is 2. The molecule has 0 bridgehead atoms. The molecular weight excluding hydrogens is 292 g/mol. The molecule has 5 nitrogen and oxygen atoms in total. The molecule has 23 heavy (non-hydrogen) atoms. The van der Waals surface area contributed by atoms with E-state index in [4.69, 9.17) is 4.74 Å². The minimum atomic E-state index is -0.428. The first kappa shape index (κ1) is 16.5. The van der Waals surface area contributed by atoms with Gasteiger partial charge in [0.25, 0.3) is 0 Å². The van der Waals surface area contributed by atoms with Gasteiger partial charge in [-0.1, -0.05) is 42.5 Å². The van der Waals surface area contributed by atoms with Gasteiger partial charge in [-0.25, -0.2) is 4.79 Å². The van der Waals surface area contributed by atoms with Crippen LogP contribution in [0.3, 0.4) is 0 Å². The normalized spacial score (nSPS) is 10.7. The van der Waals surface area contributed by atoms with Crippen molar-refractivity contribution < 1.29 is 9.53 Å². The summed E-state index contributed by atoms with van der Waals surface area (Å²) in [6.07, 6.45) is 4.11. The summed E-state index contributed by atoms with van der Waals surface area (Å²) in [6, 6.07) is 12.8. The molecule has 0 radical (unpaired) electrons. The molecule has 1 heterocycles. The summed E-state index contributed by atoms with van der Waals surface area (Å²) in [5, 5.41) is 2.69. The van der Waals surface area contributed by atoms with Gasteiger partial charge in [0.15, 0.2) is 0 Å². The lowest BCUT2D eigenvalue weighted by Gasteiger charge is -2.06. The van der Waals surface area contributed by atoms with Gasteiger partial charge in [0.05, 0.1) is 0 Å². The molecule has 1 aromatic carbocycles. The zero-order chi connectivity index (χ0) is 16.5. The van der Waals surface area contributed by atoms with E-state index < -0.39 is 6.09 Å². The second-order valence-corrected chi connectivity index (χ2v) is 5.08. The van der Waals surface area contributed by atoms with Crippen LogP contribution in [0, 0.1) is 6.92 Å². The van der Waals surface area contributed by atoms with E-state index in [1.54, 1.807) is 6.07 Å². The highest BCUT2D eigenvalue weighted by atomic mass is 16.5. The highest BCUT2D eigenvalue weighted by Crippen LogP contribution is 2.04. The molecule has 2 N–H and O–H groups in total. The number of aromatic nitrogens is 1. The molecule has 120 valence electrons. The van der Waals surface area contributed by atoms with Crippen LogP contribution in [0.2, 0.25) is 0 Å². The Morgan fingerprint density at radius 2 is 2.00 bits per heavy atom. The Morgan fingerprint density at radius 1 is 1.22 bits per heavy atom. The fraction of sp³-hybridized carbons (Fsp3) is 0.222. The lowest BCUT2D eigenvalue weighted by atomic mass is 10.2. The second-order valence-electron chi connectivity index (χ2n) is 5.08. The molecule has 0 spiro atoms. The summed E-state index contributed by atoms with van der Waals surface area (Å²) in [5.41, 5.74) is 2.62. The van der Waals surface area contributed by atoms with Crippen molar-refractivity contribution in [1.29, 1.82) is 0 Å². The Balaban J connectivity index is 1.67. The number of hydrogen-bond acceptors (Lipinski definition) is 3. The summed E-state index contributed by atoms with van der Waals surface area (Å²) in [4.78, 5) is 25.4. The number of hydrogen-bond donors (Lipinski definition) is 2. The summed E-state index contributed by atoms with van der Waals surface area (Å²) in [6.45, 7) is 2.60. The Hall–Kier alpha value is -2.82. The monoisotopic (exact) mass is 312 g/mol. The number of amides is 1. The molecular formula is C18H20N2O3. The van der Waals surface area contributed by atoms with Gasteiger partial charge >= 0.3 is 6.09 Å². The maximum absolute atomic E-state index is 11.5. The zero-order valence-electron chi connectivity index (χ0n) is 13.0. The molecule has 0 unspecified atom stereocenters. The van der Waals surface area contributed by atoms with Crippen molar-refractivity contribution in [2.75, 3.05) is 6.54 Å². The topological polar surface area (TPSA) is 71.2 Å². The predicted octanol–water partition coefficient (Wildman–Crippen LogP) is 3.01. The molecule has 0 saturated carbocycles. The van der Waals surface area contributed by atoms with Crippen LogP contribution >= 0.6 is 0 Å². The standard InChI is InChI=1S/C18H20N2O3/c1-14-16(10-11-17(21)20-14)9-5-6-12-19-18(22)23-13-15-7-3-2-4-8-15/h2-5,7-11H,6,12-13H2,1H3,(H,19,22)(H,20,21). The average Bonchev–Trinajstić information content (AvgIpc) is 2.55. The van der Waals surface area contributed by atoms with Gasteiger partial charge in [-0.05, 0) is 30.5 Å². The van der Waals surface area contributed by atoms with Crippen LogP contribution in [0.15, 0.2) is 53.3 Å². The van der Waals surface area contributed by atoms with Crippen LogP contribution in [0.25, 0.3) is 6.08 Å². The number of aryl methyl sites for hydroxylation is 1. The molecule has 5 heteroatoms. The Bertz CT molecular complexity index is 721. The van der Waals surface area contributed by atoms with Gasteiger partial charge < -0.3 is 15.0 Å². The van der Waals surface area contributed by atoms with Crippen molar-refractivity contribution in [3.63, 3.8) is 0 Å². The minimum absolute atomic E-state index is 0.109. The van der Waals surface area contributed by atoms with Crippen LogP contribution in [0.1, 0.15) is 23.2 Å². The van der Waals surface area contributed by atoms with E-state index in [0.717, 1.165) is 16.8 Å². The number of carbonyl (C=O) groups is 1. The van der Waals surface area contributed by atoms with Crippen LogP contribution in [0.4, 0.5) is 4.79 Å². The number of H-pyrrole nitrogens is 1. The van der Waals surface area contributed by atoms with Crippen molar-refractivity contribution in [2.45, 2.75) is 20.0 Å². The predicted molar refractivity (Wildman–Crippen MR) is 90.1 cm³/mol.